The van der Waals surface area contributed by atoms with Crippen molar-refractivity contribution in [2.45, 2.75) is 53.1 Å². The van der Waals surface area contributed by atoms with E-state index < -0.39 is 5.60 Å². The normalized spacial score (nSPS) is 14.9. The Morgan fingerprint density at radius 3 is 2.34 bits per heavy atom. The molecule has 3 N–H and O–H groups in total. The third-order valence-corrected chi connectivity index (χ3v) is 4.66. The van der Waals surface area contributed by atoms with E-state index in [1.807, 2.05) is 52.8 Å². The number of carbonyl (C=O) groups is 3. The van der Waals surface area contributed by atoms with Gasteiger partial charge in [0.1, 0.15) is 5.60 Å². The predicted octanol–water partition coefficient (Wildman–Crippen LogP) is 2.51. The maximum Gasteiger partial charge on any atom is 0.410 e. The van der Waals surface area contributed by atoms with Gasteiger partial charge in [0, 0.05) is 24.7 Å². The number of aryl methyl sites for hydroxylation is 2. The fourth-order valence-corrected chi connectivity index (χ4v) is 3.12. The van der Waals surface area contributed by atoms with Gasteiger partial charge in [-0.25, -0.2) is 4.79 Å². The number of nitrogens with zero attached hydrogens (tertiary/aromatic N) is 1. The summed E-state index contributed by atoms with van der Waals surface area (Å²) in [5.41, 5.74) is 7.47. The van der Waals surface area contributed by atoms with Crippen molar-refractivity contribution in [1.82, 2.24) is 15.8 Å². The number of hydrogen-bond donors (Lipinski definition) is 3. The van der Waals surface area contributed by atoms with Crippen LogP contribution in [0.25, 0.3) is 0 Å². The summed E-state index contributed by atoms with van der Waals surface area (Å²) >= 11 is 0. The first-order chi connectivity index (χ1) is 13.5. The van der Waals surface area contributed by atoms with Crippen molar-refractivity contribution in [3.8, 4) is 0 Å². The highest BCUT2D eigenvalue weighted by molar-refractivity contribution is 5.85. The van der Waals surface area contributed by atoms with Crippen LogP contribution in [0.5, 0.6) is 0 Å². The third-order valence-electron chi connectivity index (χ3n) is 4.66. The highest BCUT2D eigenvalue weighted by Gasteiger charge is 2.30. The van der Waals surface area contributed by atoms with Crippen molar-refractivity contribution >= 4 is 23.6 Å². The number of hydrogen-bond acceptors (Lipinski definition) is 5. The molecule has 0 spiro atoms. The van der Waals surface area contributed by atoms with Crippen LogP contribution >= 0.6 is 0 Å². The second kappa shape index (κ2) is 9.62. The number of carbonyl (C=O) groups excluding carboxylic acids is 3. The van der Waals surface area contributed by atoms with E-state index in [4.69, 9.17) is 4.74 Å². The summed E-state index contributed by atoms with van der Waals surface area (Å²) in [5, 5.41) is 3.06. The Hall–Kier alpha value is -2.77. The Morgan fingerprint density at radius 1 is 1.10 bits per heavy atom. The molecule has 160 valence electrons. The number of ether oxygens (including phenoxy) is 1. The lowest BCUT2D eigenvalue weighted by Gasteiger charge is -2.32. The van der Waals surface area contributed by atoms with E-state index in [-0.39, 0.29) is 30.4 Å². The molecule has 0 bridgehead atoms. The van der Waals surface area contributed by atoms with E-state index in [9.17, 15) is 14.4 Å². The number of piperidine rings is 1. The van der Waals surface area contributed by atoms with Gasteiger partial charge < -0.3 is 15.0 Å². The van der Waals surface area contributed by atoms with Crippen LogP contribution in [0.3, 0.4) is 0 Å². The first-order valence-electron chi connectivity index (χ1n) is 9.93. The molecule has 3 amide bonds. The van der Waals surface area contributed by atoms with E-state index in [0.717, 1.165) is 16.8 Å². The van der Waals surface area contributed by atoms with Gasteiger partial charge in [0.2, 0.25) is 5.91 Å². The molecule has 1 saturated heterocycles. The summed E-state index contributed by atoms with van der Waals surface area (Å²) in [7, 11) is 0. The van der Waals surface area contributed by atoms with Crippen molar-refractivity contribution in [3.05, 3.63) is 29.3 Å². The zero-order valence-electron chi connectivity index (χ0n) is 17.9. The zero-order valence-corrected chi connectivity index (χ0v) is 17.9. The number of amides is 3. The molecule has 29 heavy (non-hydrogen) atoms. The molecule has 1 aliphatic heterocycles. The number of rotatable bonds is 4. The molecule has 2 rings (SSSR count). The summed E-state index contributed by atoms with van der Waals surface area (Å²) in [6.07, 6.45) is 0.700. The molecular weight excluding hydrogens is 372 g/mol. The number of nitrogens with one attached hydrogen (secondary N) is 3. The van der Waals surface area contributed by atoms with Gasteiger partial charge in [-0.2, -0.15) is 0 Å². The zero-order chi connectivity index (χ0) is 21.6. The third kappa shape index (κ3) is 7.29. The van der Waals surface area contributed by atoms with Crippen molar-refractivity contribution in [1.29, 1.82) is 0 Å². The molecule has 1 aliphatic rings. The lowest BCUT2D eigenvalue weighted by Crippen LogP contribution is -2.49. The van der Waals surface area contributed by atoms with Crippen molar-refractivity contribution in [2.24, 2.45) is 5.92 Å². The summed E-state index contributed by atoms with van der Waals surface area (Å²) in [6.45, 7) is 10.4. The number of benzene rings is 1. The van der Waals surface area contributed by atoms with Gasteiger partial charge in [0.25, 0.3) is 5.91 Å². The van der Waals surface area contributed by atoms with Crippen LogP contribution < -0.4 is 16.2 Å². The van der Waals surface area contributed by atoms with Crippen LogP contribution in [0.2, 0.25) is 0 Å². The summed E-state index contributed by atoms with van der Waals surface area (Å²) < 4.78 is 5.35. The van der Waals surface area contributed by atoms with Crippen molar-refractivity contribution < 1.29 is 19.1 Å². The monoisotopic (exact) mass is 404 g/mol. The van der Waals surface area contributed by atoms with Gasteiger partial charge in [0.05, 0.1) is 6.54 Å². The highest BCUT2D eigenvalue weighted by atomic mass is 16.6. The topological polar surface area (TPSA) is 99.8 Å². The Kier molecular flexibility index (Phi) is 7.47. The number of hydrazine groups is 1. The molecule has 1 heterocycles. The van der Waals surface area contributed by atoms with Crippen molar-refractivity contribution in [3.63, 3.8) is 0 Å². The molecule has 0 unspecified atom stereocenters. The maximum absolute atomic E-state index is 12.3. The van der Waals surface area contributed by atoms with Gasteiger partial charge >= 0.3 is 6.09 Å². The molecule has 0 aromatic heterocycles. The second-order valence-electron chi connectivity index (χ2n) is 8.45. The van der Waals surface area contributed by atoms with E-state index >= 15 is 0 Å². The summed E-state index contributed by atoms with van der Waals surface area (Å²) in [6, 6.07) is 5.93. The molecule has 8 heteroatoms. The van der Waals surface area contributed by atoms with E-state index in [1.165, 1.54) is 0 Å². The summed E-state index contributed by atoms with van der Waals surface area (Å²) in [4.78, 5) is 38.0. The molecule has 1 aromatic carbocycles. The molecule has 1 aromatic rings. The van der Waals surface area contributed by atoms with Crippen molar-refractivity contribution in [2.75, 3.05) is 25.0 Å². The molecular formula is C21H32N4O4. The molecule has 1 fully saturated rings. The molecule has 0 saturated carbocycles. The lowest BCUT2D eigenvalue weighted by molar-refractivity contribution is -0.131. The molecule has 0 atom stereocenters. The van der Waals surface area contributed by atoms with Gasteiger partial charge in [-0.05, 0) is 59.1 Å². The van der Waals surface area contributed by atoms with E-state index in [1.54, 1.807) is 4.90 Å². The minimum Gasteiger partial charge on any atom is -0.444 e. The van der Waals surface area contributed by atoms with Crippen LogP contribution in [0.15, 0.2) is 18.2 Å². The highest BCUT2D eigenvalue weighted by Crippen LogP contribution is 2.20. The minimum absolute atomic E-state index is 0.0568. The first-order valence-corrected chi connectivity index (χ1v) is 9.93. The smallest absolute Gasteiger partial charge is 0.410 e. The van der Waals surface area contributed by atoms with Gasteiger partial charge in [-0.1, -0.05) is 17.7 Å². The second-order valence-corrected chi connectivity index (χ2v) is 8.45. The van der Waals surface area contributed by atoms with Gasteiger partial charge in [-0.3, -0.25) is 20.4 Å². The molecule has 0 aliphatic carbocycles. The van der Waals surface area contributed by atoms with Gasteiger partial charge in [0.15, 0.2) is 0 Å². The average Bonchev–Trinajstić information content (AvgIpc) is 2.64. The fraction of sp³-hybridized carbons (Fsp3) is 0.571. The van der Waals surface area contributed by atoms with Crippen LogP contribution in [-0.2, 0) is 14.3 Å². The van der Waals surface area contributed by atoms with Crippen LogP contribution in [0.4, 0.5) is 10.5 Å². The minimum atomic E-state index is -0.541. The molecule has 8 nitrogen and oxygen atoms in total. The average molecular weight is 405 g/mol. The summed E-state index contributed by atoms with van der Waals surface area (Å²) in [5.74, 6) is -0.820. The Balaban J connectivity index is 1.70. The van der Waals surface area contributed by atoms with Crippen LogP contribution in [0, 0.1) is 19.8 Å². The number of anilines is 1. The Bertz CT molecular complexity index is 750. The van der Waals surface area contributed by atoms with Crippen LogP contribution in [-0.4, -0.2) is 48.0 Å². The number of likely N-dealkylation sites (tertiary alicyclic amines) is 1. The fourth-order valence-electron chi connectivity index (χ4n) is 3.12. The standard InChI is InChI=1S/C21H32N4O4/c1-14-6-7-17(15(2)12-14)22-13-18(26)23-24-19(27)16-8-10-25(11-9-16)20(28)29-21(3,4)5/h6-7,12,16,22H,8-11,13H2,1-5H3,(H,23,26)(H,24,27). The van der Waals surface area contributed by atoms with Crippen LogP contribution in [0.1, 0.15) is 44.7 Å². The largest absolute Gasteiger partial charge is 0.444 e. The van der Waals surface area contributed by atoms with E-state index in [2.05, 4.69) is 16.2 Å². The lowest BCUT2D eigenvalue weighted by atomic mass is 9.96. The Morgan fingerprint density at radius 2 is 1.76 bits per heavy atom. The quantitative estimate of drug-likeness (QED) is 0.670. The van der Waals surface area contributed by atoms with E-state index in [0.29, 0.717) is 25.9 Å². The Labute approximate surface area is 172 Å². The predicted molar refractivity (Wildman–Crippen MR) is 111 cm³/mol. The first kappa shape index (κ1) is 22.5. The van der Waals surface area contributed by atoms with Gasteiger partial charge in [-0.15, -0.1) is 0 Å². The molecule has 0 radical (unpaired) electrons. The maximum atomic E-state index is 12.3. The SMILES string of the molecule is Cc1ccc(NCC(=O)NNC(=O)C2CCN(C(=O)OC(C)(C)C)CC2)c(C)c1.